The lowest BCUT2D eigenvalue weighted by atomic mass is 10.1. The van der Waals surface area contributed by atoms with E-state index in [0.717, 1.165) is 11.3 Å². The number of hydrogen-bond donors (Lipinski definition) is 5. The van der Waals surface area contributed by atoms with Crippen LogP contribution in [0.3, 0.4) is 0 Å². The number of nitrogens with one attached hydrogen (secondary N) is 3. The van der Waals surface area contributed by atoms with E-state index in [-0.39, 0.29) is 6.42 Å². The van der Waals surface area contributed by atoms with Gasteiger partial charge in [0.25, 0.3) is 0 Å². The Bertz CT molecular complexity index is 751. The molecule has 1 rings (SSSR count). The van der Waals surface area contributed by atoms with E-state index < -0.39 is 48.4 Å². The fourth-order valence-electron chi connectivity index (χ4n) is 2.75. The van der Waals surface area contributed by atoms with Gasteiger partial charge in [0.2, 0.25) is 17.7 Å². The minimum Gasteiger partial charge on any atom is -0.480 e. The minimum absolute atomic E-state index is 0.121. The van der Waals surface area contributed by atoms with E-state index in [1.165, 1.54) is 11.8 Å². The van der Waals surface area contributed by atoms with Gasteiger partial charge >= 0.3 is 5.97 Å². The number of carbonyl (C=O) groups is 4. The molecule has 178 valence electrons. The van der Waals surface area contributed by atoms with Crippen LogP contribution < -0.4 is 21.7 Å². The summed E-state index contributed by atoms with van der Waals surface area (Å²) in [6.07, 6.45) is 4.79. The first-order valence-electron chi connectivity index (χ1n) is 10.2. The van der Waals surface area contributed by atoms with Gasteiger partial charge in [-0.3, -0.25) is 14.4 Å². The molecule has 0 fully saturated rings. The smallest absolute Gasteiger partial charge is 0.326 e. The van der Waals surface area contributed by atoms with Gasteiger partial charge in [-0.05, 0) is 42.4 Å². The van der Waals surface area contributed by atoms with Crippen LogP contribution in [0.4, 0.5) is 0 Å². The lowest BCUT2D eigenvalue weighted by Crippen LogP contribution is -2.53. The molecule has 1 aromatic carbocycles. The Morgan fingerprint density at radius 1 is 0.938 bits per heavy atom. The van der Waals surface area contributed by atoms with Crippen LogP contribution in [0, 0.1) is 0 Å². The van der Waals surface area contributed by atoms with E-state index in [9.17, 15) is 24.3 Å². The highest BCUT2D eigenvalue weighted by Gasteiger charge is 2.25. The molecular weight excluding hydrogens is 452 g/mol. The Labute approximate surface area is 197 Å². The Morgan fingerprint density at radius 3 is 2.16 bits per heavy atom. The Hall–Kier alpha value is -2.24. The van der Waals surface area contributed by atoms with Gasteiger partial charge in [0.15, 0.2) is 0 Å². The molecule has 0 saturated carbocycles. The first kappa shape index (κ1) is 27.8. The maximum Gasteiger partial charge on any atom is 0.326 e. The van der Waals surface area contributed by atoms with Gasteiger partial charge in [-0.2, -0.15) is 23.5 Å². The monoisotopic (exact) mass is 484 g/mol. The van der Waals surface area contributed by atoms with Crippen molar-refractivity contribution in [3.63, 3.8) is 0 Å². The second-order valence-corrected chi connectivity index (χ2v) is 9.07. The zero-order valence-electron chi connectivity index (χ0n) is 18.3. The SMILES string of the molecule is CSCCC(N)C(=O)NC(CCSC)C(=O)NCC(=O)NC(Cc1ccccc1)C(=O)O. The maximum atomic E-state index is 12.6. The van der Waals surface area contributed by atoms with E-state index in [0.29, 0.717) is 18.6 Å². The number of rotatable bonds is 15. The molecule has 0 spiro atoms. The van der Waals surface area contributed by atoms with Crippen molar-refractivity contribution in [3.8, 4) is 0 Å². The zero-order chi connectivity index (χ0) is 23.9. The summed E-state index contributed by atoms with van der Waals surface area (Å²) in [4.78, 5) is 48.6. The number of nitrogens with two attached hydrogens (primary N) is 1. The summed E-state index contributed by atoms with van der Waals surface area (Å²) >= 11 is 3.10. The van der Waals surface area contributed by atoms with Crippen molar-refractivity contribution in [2.45, 2.75) is 37.4 Å². The molecule has 0 aliphatic rings. The van der Waals surface area contributed by atoms with Crippen molar-refractivity contribution < 1.29 is 24.3 Å². The van der Waals surface area contributed by atoms with Gasteiger partial charge in [-0.1, -0.05) is 30.3 Å². The summed E-state index contributed by atoms with van der Waals surface area (Å²) in [6, 6.07) is 6.25. The summed E-state index contributed by atoms with van der Waals surface area (Å²) in [5, 5.41) is 16.9. The molecule has 0 aliphatic heterocycles. The van der Waals surface area contributed by atoms with E-state index in [1.807, 2.05) is 18.6 Å². The van der Waals surface area contributed by atoms with E-state index >= 15 is 0 Å². The molecular formula is C21H32N4O5S2. The molecule has 3 unspecified atom stereocenters. The van der Waals surface area contributed by atoms with Gasteiger partial charge in [0.1, 0.15) is 12.1 Å². The highest BCUT2D eigenvalue weighted by atomic mass is 32.2. The number of hydrogen-bond acceptors (Lipinski definition) is 7. The van der Waals surface area contributed by atoms with Crippen molar-refractivity contribution in [1.29, 1.82) is 0 Å². The first-order chi connectivity index (χ1) is 15.3. The quantitative estimate of drug-likeness (QED) is 0.237. The molecule has 6 N–H and O–H groups in total. The van der Waals surface area contributed by atoms with Crippen LogP contribution in [0.1, 0.15) is 18.4 Å². The minimum atomic E-state index is -1.17. The third-order valence-electron chi connectivity index (χ3n) is 4.55. The van der Waals surface area contributed by atoms with Crippen LogP contribution in [0.5, 0.6) is 0 Å². The number of thioether (sulfide) groups is 2. The first-order valence-corrected chi connectivity index (χ1v) is 12.9. The number of amides is 3. The number of aliphatic carboxylic acids is 1. The number of benzene rings is 1. The van der Waals surface area contributed by atoms with Gasteiger partial charge in [-0.25, -0.2) is 4.79 Å². The van der Waals surface area contributed by atoms with Crippen molar-refractivity contribution >= 4 is 47.2 Å². The maximum absolute atomic E-state index is 12.6. The molecule has 32 heavy (non-hydrogen) atoms. The van der Waals surface area contributed by atoms with Crippen LogP contribution in [0.25, 0.3) is 0 Å². The van der Waals surface area contributed by atoms with Crippen molar-refractivity contribution in [2.24, 2.45) is 5.73 Å². The number of carbonyl (C=O) groups excluding carboxylic acids is 3. The molecule has 1 aromatic rings. The van der Waals surface area contributed by atoms with Gasteiger partial charge in [0, 0.05) is 6.42 Å². The van der Waals surface area contributed by atoms with Crippen LogP contribution in [0.2, 0.25) is 0 Å². The lowest BCUT2D eigenvalue weighted by Gasteiger charge is -2.21. The average Bonchev–Trinajstić information content (AvgIpc) is 2.78. The molecule has 3 atom stereocenters. The van der Waals surface area contributed by atoms with E-state index in [2.05, 4.69) is 16.0 Å². The van der Waals surface area contributed by atoms with Crippen molar-refractivity contribution in [3.05, 3.63) is 35.9 Å². The largest absolute Gasteiger partial charge is 0.480 e. The molecule has 0 aromatic heterocycles. The van der Waals surface area contributed by atoms with E-state index in [4.69, 9.17) is 5.73 Å². The van der Waals surface area contributed by atoms with Crippen LogP contribution in [0.15, 0.2) is 30.3 Å². The third-order valence-corrected chi connectivity index (χ3v) is 5.84. The second kappa shape index (κ2) is 15.5. The average molecular weight is 485 g/mol. The molecule has 11 heteroatoms. The summed E-state index contributed by atoms with van der Waals surface area (Å²) in [5.74, 6) is -1.38. The van der Waals surface area contributed by atoms with E-state index in [1.54, 1.807) is 36.0 Å². The number of carboxylic acid groups (broad SMARTS) is 1. The summed E-state index contributed by atoms with van der Waals surface area (Å²) < 4.78 is 0. The van der Waals surface area contributed by atoms with Gasteiger partial charge in [0.05, 0.1) is 12.6 Å². The standard InChI is InChI=1S/C21H32N4O5S2/c1-31-10-8-15(22)19(27)25-16(9-11-32-2)20(28)23-13-18(26)24-17(21(29)30)12-14-6-4-3-5-7-14/h3-7,15-17H,8-13,22H2,1-2H3,(H,23,28)(H,24,26)(H,25,27)(H,29,30). The Kier molecular flexibility index (Phi) is 13.5. The summed E-state index contributed by atoms with van der Waals surface area (Å²) in [5.41, 5.74) is 6.63. The van der Waals surface area contributed by atoms with Crippen LogP contribution >= 0.6 is 23.5 Å². The number of carboxylic acids is 1. The van der Waals surface area contributed by atoms with Gasteiger partial charge < -0.3 is 26.8 Å². The Morgan fingerprint density at radius 2 is 1.56 bits per heavy atom. The molecule has 0 heterocycles. The summed E-state index contributed by atoms with van der Waals surface area (Å²) in [7, 11) is 0. The van der Waals surface area contributed by atoms with Crippen LogP contribution in [-0.2, 0) is 25.6 Å². The highest BCUT2D eigenvalue weighted by Crippen LogP contribution is 2.05. The normalized spacial score (nSPS) is 13.5. The van der Waals surface area contributed by atoms with Crippen molar-refractivity contribution in [1.82, 2.24) is 16.0 Å². The van der Waals surface area contributed by atoms with Crippen LogP contribution in [-0.4, -0.2) is 77.5 Å². The second-order valence-electron chi connectivity index (χ2n) is 7.10. The molecule has 3 amide bonds. The highest BCUT2D eigenvalue weighted by molar-refractivity contribution is 7.98. The molecule has 9 nitrogen and oxygen atoms in total. The zero-order valence-corrected chi connectivity index (χ0v) is 20.0. The van der Waals surface area contributed by atoms with Gasteiger partial charge in [-0.15, -0.1) is 0 Å². The predicted molar refractivity (Wildman–Crippen MR) is 129 cm³/mol. The summed E-state index contributed by atoms with van der Waals surface area (Å²) in [6.45, 7) is -0.401. The van der Waals surface area contributed by atoms with Crippen molar-refractivity contribution in [2.75, 3.05) is 30.6 Å². The topological polar surface area (TPSA) is 151 Å². The molecule has 0 saturated heterocycles. The molecule has 0 radical (unpaired) electrons. The third kappa shape index (κ3) is 10.9. The lowest BCUT2D eigenvalue weighted by molar-refractivity contribution is -0.141. The fourth-order valence-corrected chi connectivity index (χ4v) is 3.71. The molecule has 0 bridgehead atoms. The fraction of sp³-hybridized carbons (Fsp3) is 0.524. The predicted octanol–water partition coefficient (Wildman–Crippen LogP) is 0.233. The molecule has 0 aliphatic carbocycles. The Balaban J connectivity index is 2.62.